The van der Waals surface area contributed by atoms with Crippen LogP contribution in [-0.2, 0) is 15.6 Å². The topological polar surface area (TPSA) is 125 Å². The zero-order valence-electron chi connectivity index (χ0n) is 17.7. The van der Waals surface area contributed by atoms with E-state index in [1.165, 1.54) is 24.3 Å². The first-order chi connectivity index (χ1) is 14.6. The second kappa shape index (κ2) is 10.8. The lowest BCUT2D eigenvalue weighted by Gasteiger charge is -2.15. The van der Waals surface area contributed by atoms with Gasteiger partial charge in [0.25, 0.3) is 11.6 Å². The summed E-state index contributed by atoms with van der Waals surface area (Å²) in [5.41, 5.74) is 0.242. The zero-order chi connectivity index (χ0) is 23.0. The van der Waals surface area contributed by atoms with Crippen LogP contribution in [0.25, 0.3) is 0 Å². The van der Waals surface area contributed by atoms with Crippen molar-refractivity contribution in [3.05, 3.63) is 57.6 Å². The van der Waals surface area contributed by atoms with Crippen molar-refractivity contribution in [1.82, 2.24) is 0 Å². The van der Waals surface area contributed by atoms with Gasteiger partial charge >= 0.3 is 0 Å². The van der Waals surface area contributed by atoms with Crippen LogP contribution in [0.2, 0.25) is 0 Å². The highest BCUT2D eigenvalue weighted by Gasteiger charge is 2.22. The van der Waals surface area contributed by atoms with Crippen molar-refractivity contribution < 1.29 is 27.6 Å². The molecule has 2 rings (SSSR count). The van der Waals surface area contributed by atoms with Crippen LogP contribution in [0.3, 0.4) is 0 Å². The molecular formula is C21H26N2O7S. The fourth-order valence-corrected chi connectivity index (χ4v) is 3.53. The molecule has 0 fully saturated rings. The molecule has 9 nitrogen and oxygen atoms in total. The maximum Gasteiger partial charge on any atom is 0.296 e. The van der Waals surface area contributed by atoms with Gasteiger partial charge in [0.05, 0.1) is 30.0 Å². The summed E-state index contributed by atoms with van der Waals surface area (Å²) in [7, 11) is -3.27. The van der Waals surface area contributed by atoms with Gasteiger partial charge in [0.2, 0.25) is 0 Å². The number of hydrogen-bond donors (Lipinski definition) is 1. The summed E-state index contributed by atoms with van der Waals surface area (Å²) in [4.78, 5) is 23.7. The molecule has 0 aliphatic carbocycles. The minimum atomic E-state index is -3.27. The molecule has 0 atom stereocenters. The molecule has 2 aromatic carbocycles. The lowest BCUT2D eigenvalue weighted by molar-refractivity contribution is -0.384. The molecule has 1 amide bonds. The largest absolute Gasteiger partial charge is 0.490 e. The van der Waals surface area contributed by atoms with Crippen molar-refractivity contribution in [2.45, 2.75) is 32.4 Å². The van der Waals surface area contributed by atoms with Gasteiger partial charge in [0, 0.05) is 17.9 Å². The Kier molecular flexibility index (Phi) is 8.38. The van der Waals surface area contributed by atoms with Gasteiger partial charge in [-0.2, -0.15) is 0 Å². The van der Waals surface area contributed by atoms with E-state index in [2.05, 4.69) is 5.32 Å². The Morgan fingerprint density at radius 1 is 1.06 bits per heavy atom. The second-order valence-corrected chi connectivity index (χ2v) is 9.13. The lowest BCUT2D eigenvalue weighted by atomic mass is 10.1. The third-order valence-electron chi connectivity index (χ3n) is 4.05. The van der Waals surface area contributed by atoms with Crippen LogP contribution in [0, 0.1) is 10.1 Å². The minimum Gasteiger partial charge on any atom is -0.490 e. The van der Waals surface area contributed by atoms with Gasteiger partial charge in [-0.15, -0.1) is 0 Å². The minimum absolute atomic E-state index is 0.0431. The first-order valence-electron chi connectivity index (χ1n) is 9.80. The smallest absolute Gasteiger partial charge is 0.296 e. The number of nitrogens with one attached hydrogen (secondary N) is 1. The van der Waals surface area contributed by atoms with E-state index in [9.17, 15) is 23.3 Å². The molecule has 2 aromatic rings. The number of nitrogens with zero attached hydrogens (tertiary/aromatic N) is 1. The molecule has 0 saturated carbocycles. The molecule has 0 spiro atoms. The summed E-state index contributed by atoms with van der Waals surface area (Å²) >= 11 is 0. The molecule has 0 heterocycles. The van der Waals surface area contributed by atoms with Crippen molar-refractivity contribution in [3.63, 3.8) is 0 Å². The number of rotatable bonds is 11. The maximum atomic E-state index is 12.7. The van der Waals surface area contributed by atoms with Crippen LogP contribution in [-0.4, -0.2) is 38.7 Å². The summed E-state index contributed by atoms with van der Waals surface area (Å²) in [6.45, 7) is 4.57. The Hall–Kier alpha value is -3.14. The van der Waals surface area contributed by atoms with Crippen molar-refractivity contribution in [2.75, 3.05) is 24.8 Å². The fraction of sp³-hybridized carbons (Fsp3) is 0.381. The SMILES string of the molecule is CCCOc1cc(NC(=O)c2cccc(CS(C)(=O)=O)c2)c([N+](=O)[O-])cc1OCCC. The first kappa shape index (κ1) is 24.1. The molecular weight excluding hydrogens is 424 g/mol. The molecule has 0 aliphatic rings. The number of hydrogen-bond acceptors (Lipinski definition) is 7. The summed E-state index contributed by atoms with van der Waals surface area (Å²) in [6, 6.07) is 8.70. The Balaban J connectivity index is 2.39. The summed E-state index contributed by atoms with van der Waals surface area (Å²) < 4.78 is 34.3. The average molecular weight is 451 g/mol. The number of nitro groups is 1. The van der Waals surface area contributed by atoms with E-state index in [4.69, 9.17) is 9.47 Å². The van der Waals surface area contributed by atoms with E-state index in [1.807, 2.05) is 13.8 Å². The summed E-state index contributed by atoms with van der Waals surface area (Å²) in [5.74, 6) is -0.300. The number of carbonyl (C=O) groups excluding carboxylic acids is 1. The second-order valence-electron chi connectivity index (χ2n) is 6.99. The van der Waals surface area contributed by atoms with Gasteiger partial charge in [-0.25, -0.2) is 8.42 Å². The number of carbonyl (C=O) groups is 1. The van der Waals surface area contributed by atoms with Crippen LogP contribution in [0.5, 0.6) is 11.5 Å². The Labute approximate surface area is 181 Å². The predicted molar refractivity (Wildman–Crippen MR) is 118 cm³/mol. The summed E-state index contributed by atoms with van der Waals surface area (Å²) in [6.07, 6.45) is 2.53. The van der Waals surface area contributed by atoms with Crippen LogP contribution in [0.4, 0.5) is 11.4 Å². The van der Waals surface area contributed by atoms with Crippen molar-refractivity contribution in [2.24, 2.45) is 0 Å². The number of benzene rings is 2. The van der Waals surface area contributed by atoms with Crippen LogP contribution in [0.15, 0.2) is 36.4 Å². The van der Waals surface area contributed by atoms with Gasteiger partial charge in [-0.05, 0) is 30.5 Å². The zero-order valence-corrected chi connectivity index (χ0v) is 18.5. The third-order valence-corrected chi connectivity index (χ3v) is 4.91. The first-order valence-corrected chi connectivity index (χ1v) is 11.9. The molecule has 168 valence electrons. The van der Waals surface area contributed by atoms with Crippen LogP contribution in [0.1, 0.15) is 42.6 Å². The highest BCUT2D eigenvalue weighted by atomic mass is 32.2. The molecule has 10 heteroatoms. The van der Waals surface area contributed by atoms with Crippen molar-refractivity contribution >= 4 is 27.1 Å². The number of ether oxygens (including phenoxy) is 2. The third kappa shape index (κ3) is 7.25. The molecule has 0 aliphatic heterocycles. The van der Waals surface area contributed by atoms with Crippen molar-refractivity contribution in [3.8, 4) is 11.5 Å². The predicted octanol–water partition coefficient (Wildman–Crippen LogP) is 3.97. The van der Waals surface area contributed by atoms with Gasteiger partial charge in [0.15, 0.2) is 21.3 Å². The molecule has 31 heavy (non-hydrogen) atoms. The van der Waals surface area contributed by atoms with Crippen LogP contribution < -0.4 is 14.8 Å². The average Bonchev–Trinajstić information content (AvgIpc) is 2.69. The molecule has 0 aromatic heterocycles. The maximum absolute atomic E-state index is 12.7. The summed E-state index contributed by atoms with van der Waals surface area (Å²) in [5, 5.41) is 14.1. The molecule has 0 bridgehead atoms. The van der Waals surface area contributed by atoms with Gasteiger partial charge in [-0.1, -0.05) is 26.0 Å². The Bertz CT molecular complexity index is 1050. The van der Waals surface area contributed by atoms with Crippen molar-refractivity contribution in [1.29, 1.82) is 0 Å². The van der Waals surface area contributed by atoms with E-state index >= 15 is 0 Å². The number of nitro benzene ring substituents is 1. The molecule has 0 radical (unpaired) electrons. The van der Waals surface area contributed by atoms with E-state index < -0.39 is 20.7 Å². The molecule has 0 saturated heterocycles. The molecule has 1 N–H and O–H groups in total. The Morgan fingerprint density at radius 3 is 2.23 bits per heavy atom. The number of anilines is 1. The quantitative estimate of drug-likeness (QED) is 0.405. The standard InChI is InChI=1S/C21H26N2O7S/c1-4-9-29-19-12-17(18(23(25)26)13-20(19)30-10-5-2)22-21(24)16-8-6-7-15(11-16)14-31(3,27)28/h6-8,11-13H,4-5,9-10,14H2,1-3H3,(H,22,24). The fourth-order valence-electron chi connectivity index (χ4n) is 2.75. The monoisotopic (exact) mass is 450 g/mol. The van der Waals surface area contributed by atoms with Gasteiger partial charge in [0.1, 0.15) is 5.69 Å². The lowest BCUT2D eigenvalue weighted by Crippen LogP contribution is -2.14. The van der Waals surface area contributed by atoms with E-state index in [1.54, 1.807) is 12.1 Å². The van der Waals surface area contributed by atoms with Crippen LogP contribution >= 0.6 is 0 Å². The van der Waals surface area contributed by atoms with Gasteiger partial charge < -0.3 is 14.8 Å². The van der Waals surface area contributed by atoms with Gasteiger partial charge in [-0.3, -0.25) is 14.9 Å². The Morgan fingerprint density at radius 2 is 1.68 bits per heavy atom. The van der Waals surface area contributed by atoms with E-state index in [0.29, 0.717) is 30.9 Å². The normalized spacial score (nSPS) is 11.1. The van der Waals surface area contributed by atoms with E-state index in [-0.39, 0.29) is 28.4 Å². The highest BCUT2D eigenvalue weighted by Crippen LogP contribution is 2.38. The van der Waals surface area contributed by atoms with E-state index in [0.717, 1.165) is 12.7 Å². The number of sulfone groups is 1. The number of amides is 1. The highest BCUT2D eigenvalue weighted by molar-refractivity contribution is 7.89. The molecule has 0 unspecified atom stereocenters.